The molecule has 1 aliphatic heterocycles. The summed E-state index contributed by atoms with van der Waals surface area (Å²) in [7, 11) is 0. The Bertz CT molecular complexity index is 699. The number of nitrogens with zero attached hydrogens (tertiary/aromatic N) is 1. The molecule has 1 spiro atoms. The van der Waals surface area contributed by atoms with E-state index in [2.05, 4.69) is 12.1 Å². The molecule has 2 aliphatic rings. The lowest BCUT2D eigenvalue weighted by Gasteiger charge is -2.44. The SMILES string of the molecule is CC(=O)N1CCC2(CC1)CC(=O)C(c1c(C)cc(C)cc1C)C(=O)C2. The molecule has 0 aromatic heterocycles. The van der Waals surface area contributed by atoms with Crippen LogP contribution in [0.3, 0.4) is 0 Å². The summed E-state index contributed by atoms with van der Waals surface area (Å²) in [6, 6.07) is 4.11. The lowest BCUT2D eigenvalue weighted by molar-refractivity contribution is -0.139. The van der Waals surface area contributed by atoms with Gasteiger partial charge in [-0.15, -0.1) is 0 Å². The largest absolute Gasteiger partial charge is 0.343 e. The Morgan fingerprint density at radius 2 is 1.48 bits per heavy atom. The van der Waals surface area contributed by atoms with E-state index in [0.29, 0.717) is 25.9 Å². The van der Waals surface area contributed by atoms with Crippen LogP contribution in [0.1, 0.15) is 60.8 Å². The van der Waals surface area contributed by atoms with Crippen molar-refractivity contribution in [1.29, 1.82) is 0 Å². The fourth-order valence-electron chi connectivity index (χ4n) is 4.80. The zero-order chi connectivity index (χ0) is 18.4. The van der Waals surface area contributed by atoms with Crippen LogP contribution in [0.25, 0.3) is 0 Å². The first kappa shape index (κ1) is 17.8. The molecule has 1 amide bonds. The lowest BCUT2D eigenvalue weighted by Crippen LogP contribution is -2.48. The van der Waals surface area contributed by atoms with E-state index in [1.807, 2.05) is 25.7 Å². The van der Waals surface area contributed by atoms with E-state index in [0.717, 1.165) is 35.1 Å². The van der Waals surface area contributed by atoms with Crippen LogP contribution in [-0.4, -0.2) is 35.5 Å². The molecule has 0 unspecified atom stereocenters. The van der Waals surface area contributed by atoms with E-state index in [1.54, 1.807) is 6.92 Å². The van der Waals surface area contributed by atoms with Crippen LogP contribution in [-0.2, 0) is 14.4 Å². The first-order valence-corrected chi connectivity index (χ1v) is 9.11. The minimum absolute atomic E-state index is 0.0579. The summed E-state index contributed by atoms with van der Waals surface area (Å²) >= 11 is 0. The van der Waals surface area contributed by atoms with Crippen molar-refractivity contribution < 1.29 is 14.4 Å². The topological polar surface area (TPSA) is 54.5 Å². The van der Waals surface area contributed by atoms with Gasteiger partial charge in [0, 0.05) is 32.9 Å². The van der Waals surface area contributed by atoms with Crippen molar-refractivity contribution in [3.05, 3.63) is 34.4 Å². The fourth-order valence-corrected chi connectivity index (χ4v) is 4.80. The summed E-state index contributed by atoms with van der Waals surface area (Å²) in [5.74, 6) is -0.408. The third-order valence-corrected chi connectivity index (χ3v) is 6.04. The van der Waals surface area contributed by atoms with E-state index >= 15 is 0 Å². The zero-order valence-electron chi connectivity index (χ0n) is 15.6. The molecule has 1 saturated heterocycles. The van der Waals surface area contributed by atoms with E-state index in [9.17, 15) is 14.4 Å². The van der Waals surface area contributed by atoms with Crippen molar-refractivity contribution in [1.82, 2.24) is 4.90 Å². The van der Waals surface area contributed by atoms with Crippen molar-refractivity contribution in [3.63, 3.8) is 0 Å². The van der Waals surface area contributed by atoms with Gasteiger partial charge in [-0.25, -0.2) is 0 Å². The van der Waals surface area contributed by atoms with Crippen molar-refractivity contribution in [3.8, 4) is 0 Å². The number of amides is 1. The average molecular weight is 341 g/mol. The summed E-state index contributed by atoms with van der Waals surface area (Å²) in [4.78, 5) is 39.3. The molecule has 2 fully saturated rings. The fraction of sp³-hybridized carbons (Fsp3) is 0.571. The van der Waals surface area contributed by atoms with Crippen LogP contribution >= 0.6 is 0 Å². The molecule has 1 aromatic rings. The highest BCUT2D eigenvalue weighted by atomic mass is 16.2. The van der Waals surface area contributed by atoms with E-state index in [-0.39, 0.29) is 22.9 Å². The molecule has 134 valence electrons. The second-order valence-electron chi connectivity index (χ2n) is 8.04. The third-order valence-electron chi connectivity index (χ3n) is 6.04. The van der Waals surface area contributed by atoms with Gasteiger partial charge in [0.15, 0.2) is 0 Å². The number of carbonyl (C=O) groups excluding carboxylic acids is 3. The first-order chi connectivity index (χ1) is 11.7. The van der Waals surface area contributed by atoms with Gasteiger partial charge in [0.1, 0.15) is 17.5 Å². The predicted molar refractivity (Wildman–Crippen MR) is 96.6 cm³/mol. The van der Waals surface area contributed by atoms with Gasteiger partial charge in [0.25, 0.3) is 0 Å². The van der Waals surface area contributed by atoms with E-state index in [4.69, 9.17) is 0 Å². The molecule has 0 radical (unpaired) electrons. The van der Waals surface area contributed by atoms with Gasteiger partial charge in [0.2, 0.25) is 5.91 Å². The molecule has 1 aromatic carbocycles. The van der Waals surface area contributed by atoms with Crippen LogP contribution in [0.2, 0.25) is 0 Å². The van der Waals surface area contributed by atoms with Crippen molar-refractivity contribution in [2.45, 2.75) is 59.3 Å². The number of hydrogen-bond acceptors (Lipinski definition) is 3. The average Bonchev–Trinajstić information content (AvgIpc) is 2.49. The van der Waals surface area contributed by atoms with E-state index in [1.165, 1.54) is 0 Å². The molecule has 1 aliphatic carbocycles. The second kappa shape index (κ2) is 6.40. The van der Waals surface area contributed by atoms with Crippen molar-refractivity contribution >= 4 is 17.5 Å². The maximum absolute atomic E-state index is 13.0. The summed E-state index contributed by atoms with van der Waals surface area (Å²) in [5.41, 5.74) is 3.90. The highest BCUT2D eigenvalue weighted by molar-refractivity contribution is 6.10. The zero-order valence-corrected chi connectivity index (χ0v) is 15.6. The summed E-state index contributed by atoms with van der Waals surface area (Å²) in [6.07, 6.45) is 2.43. The molecular weight excluding hydrogens is 314 g/mol. The molecule has 1 saturated carbocycles. The molecule has 0 atom stereocenters. The van der Waals surface area contributed by atoms with Crippen LogP contribution in [0.5, 0.6) is 0 Å². The summed E-state index contributed by atoms with van der Waals surface area (Å²) in [5, 5.41) is 0. The summed E-state index contributed by atoms with van der Waals surface area (Å²) < 4.78 is 0. The number of piperidine rings is 1. The molecule has 4 nitrogen and oxygen atoms in total. The Kier molecular flexibility index (Phi) is 4.56. The van der Waals surface area contributed by atoms with E-state index < -0.39 is 5.92 Å². The minimum atomic E-state index is -0.600. The Balaban J connectivity index is 1.84. The minimum Gasteiger partial charge on any atom is -0.343 e. The number of benzene rings is 1. The van der Waals surface area contributed by atoms with Gasteiger partial charge in [-0.2, -0.15) is 0 Å². The first-order valence-electron chi connectivity index (χ1n) is 9.11. The smallest absolute Gasteiger partial charge is 0.219 e. The quantitative estimate of drug-likeness (QED) is 0.737. The summed E-state index contributed by atoms with van der Waals surface area (Å²) in [6.45, 7) is 8.91. The highest BCUT2D eigenvalue weighted by Crippen LogP contribution is 2.46. The number of rotatable bonds is 1. The Morgan fingerprint density at radius 3 is 1.92 bits per heavy atom. The molecule has 0 N–H and O–H groups in total. The molecule has 0 bridgehead atoms. The Morgan fingerprint density at radius 1 is 1.00 bits per heavy atom. The third kappa shape index (κ3) is 3.26. The molecule has 4 heteroatoms. The lowest BCUT2D eigenvalue weighted by atomic mass is 9.62. The normalized spacial score (nSPS) is 21.0. The van der Waals surface area contributed by atoms with Gasteiger partial charge in [-0.05, 0) is 55.7 Å². The number of Topliss-reactive ketones (excluding diaryl/α,β-unsaturated/α-hetero) is 2. The molecule has 25 heavy (non-hydrogen) atoms. The van der Waals surface area contributed by atoms with Gasteiger partial charge < -0.3 is 4.90 Å². The Labute approximate surface area is 149 Å². The highest BCUT2D eigenvalue weighted by Gasteiger charge is 2.47. The molecular formula is C21H27NO3. The molecule has 3 rings (SSSR count). The van der Waals surface area contributed by atoms with Gasteiger partial charge in [0.05, 0.1) is 0 Å². The van der Waals surface area contributed by atoms with Crippen LogP contribution < -0.4 is 0 Å². The maximum Gasteiger partial charge on any atom is 0.219 e. The van der Waals surface area contributed by atoms with Crippen LogP contribution in [0.15, 0.2) is 12.1 Å². The number of likely N-dealkylation sites (tertiary alicyclic amines) is 1. The number of aryl methyl sites for hydroxylation is 3. The van der Waals surface area contributed by atoms with Gasteiger partial charge >= 0.3 is 0 Å². The predicted octanol–water partition coefficient (Wildman–Crippen LogP) is 3.26. The Hall–Kier alpha value is -1.97. The van der Waals surface area contributed by atoms with Gasteiger partial charge in [-0.1, -0.05) is 17.7 Å². The number of hydrogen-bond donors (Lipinski definition) is 0. The number of carbonyl (C=O) groups is 3. The van der Waals surface area contributed by atoms with Crippen molar-refractivity contribution in [2.24, 2.45) is 5.41 Å². The number of ketones is 2. The van der Waals surface area contributed by atoms with Crippen LogP contribution in [0.4, 0.5) is 0 Å². The van der Waals surface area contributed by atoms with Crippen LogP contribution in [0, 0.1) is 26.2 Å². The van der Waals surface area contributed by atoms with Crippen molar-refractivity contribution in [2.75, 3.05) is 13.1 Å². The van der Waals surface area contributed by atoms with Gasteiger partial charge in [-0.3, -0.25) is 14.4 Å². The maximum atomic E-state index is 13.0. The molecule has 1 heterocycles. The standard InChI is InChI=1S/C21H27NO3/c1-13-9-14(2)19(15(3)10-13)20-17(24)11-21(12-18(20)25)5-7-22(8-6-21)16(4)23/h9-10,20H,5-8,11-12H2,1-4H3. The monoisotopic (exact) mass is 341 g/mol. The second-order valence-corrected chi connectivity index (χ2v) is 8.04.